The second kappa shape index (κ2) is 8.52. The van der Waals surface area contributed by atoms with Gasteiger partial charge < -0.3 is 15.4 Å². The number of ether oxygens (including phenoxy) is 1. The Bertz CT molecular complexity index is 782. The van der Waals surface area contributed by atoms with Crippen LogP contribution in [-0.4, -0.2) is 24.5 Å². The maximum absolute atomic E-state index is 12.5. The molecule has 1 aliphatic rings. The van der Waals surface area contributed by atoms with Crippen molar-refractivity contribution in [3.8, 4) is 5.75 Å². The molecule has 1 fully saturated rings. The Hall–Kier alpha value is -2.82. The first-order valence-corrected chi connectivity index (χ1v) is 9.01. The van der Waals surface area contributed by atoms with Crippen molar-refractivity contribution in [3.63, 3.8) is 0 Å². The highest BCUT2D eigenvalue weighted by Crippen LogP contribution is 2.21. The highest BCUT2D eigenvalue weighted by molar-refractivity contribution is 6.04. The standard InChI is InChI=1S/C21H24N2O3/c1-15-8-2-7-13-19(15)26-14-20(24)23-18-12-6-5-11-17(18)21(25)22-16-9-3-4-10-16/h2,5-8,11-13,16H,3-4,9-10,14H2,1H3,(H,22,25)(H,23,24). The van der Waals surface area contributed by atoms with E-state index in [9.17, 15) is 9.59 Å². The highest BCUT2D eigenvalue weighted by Gasteiger charge is 2.20. The van der Waals surface area contributed by atoms with Crippen LogP contribution in [0.3, 0.4) is 0 Å². The summed E-state index contributed by atoms with van der Waals surface area (Å²) in [5.74, 6) is 0.233. The first kappa shape index (κ1) is 18.0. The van der Waals surface area contributed by atoms with Crippen LogP contribution in [-0.2, 0) is 4.79 Å². The summed E-state index contributed by atoms with van der Waals surface area (Å²) in [4.78, 5) is 24.8. The van der Waals surface area contributed by atoms with E-state index in [0.717, 1.165) is 31.2 Å². The van der Waals surface area contributed by atoms with Gasteiger partial charge in [0.1, 0.15) is 5.75 Å². The van der Waals surface area contributed by atoms with E-state index in [4.69, 9.17) is 4.74 Å². The molecule has 0 atom stereocenters. The molecule has 2 N–H and O–H groups in total. The van der Waals surface area contributed by atoms with E-state index in [2.05, 4.69) is 10.6 Å². The number of amides is 2. The maximum Gasteiger partial charge on any atom is 0.262 e. The van der Waals surface area contributed by atoms with Crippen molar-refractivity contribution in [2.75, 3.05) is 11.9 Å². The van der Waals surface area contributed by atoms with Crippen LogP contribution in [0, 0.1) is 6.92 Å². The predicted octanol–water partition coefficient (Wildman–Crippen LogP) is 3.68. The minimum absolute atomic E-state index is 0.108. The number of benzene rings is 2. The number of nitrogens with one attached hydrogen (secondary N) is 2. The van der Waals surface area contributed by atoms with Gasteiger partial charge in [-0.25, -0.2) is 0 Å². The van der Waals surface area contributed by atoms with Crippen molar-refractivity contribution in [3.05, 3.63) is 59.7 Å². The van der Waals surface area contributed by atoms with Crippen LogP contribution in [0.15, 0.2) is 48.5 Å². The second-order valence-corrected chi connectivity index (χ2v) is 6.60. The first-order valence-electron chi connectivity index (χ1n) is 9.01. The third-order valence-electron chi connectivity index (χ3n) is 4.59. The molecule has 0 bridgehead atoms. The molecule has 2 aromatic carbocycles. The fourth-order valence-electron chi connectivity index (χ4n) is 3.17. The summed E-state index contributed by atoms with van der Waals surface area (Å²) in [6, 6.07) is 14.8. The topological polar surface area (TPSA) is 67.4 Å². The smallest absolute Gasteiger partial charge is 0.262 e. The molecule has 26 heavy (non-hydrogen) atoms. The molecular weight excluding hydrogens is 328 g/mol. The van der Waals surface area contributed by atoms with Gasteiger partial charge in [0.2, 0.25) is 0 Å². The lowest BCUT2D eigenvalue weighted by Crippen LogP contribution is -2.33. The number of aryl methyl sites for hydroxylation is 1. The van der Waals surface area contributed by atoms with Gasteiger partial charge in [-0.3, -0.25) is 9.59 Å². The zero-order chi connectivity index (χ0) is 18.4. The number of carbonyl (C=O) groups is 2. The first-order chi connectivity index (χ1) is 12.6. The van der Waals surface area contributed by atoms with Crippen molar-refractivity contribution in [1.82, 2.24) is 5.32 Å². The normalized spacial score (nSPS) is 14.0. The Labute approximate surface area is 153 Å². The summed E-state index contributed by atoms with van der Waals surface area (Å²) in [5, 5.41) is 5.83. The molecule has 5 nitrogen and oxygen atoms in total. The predicted molar refractivity (Wildman–Crippen MR) is 101 cm³/mol. The molecule has 2 aromatic rings. The largest absolute Gasteiger partial charge is 0.483 e. The third-order valence-corrected chi connectivity index (χ3v) is 4.59. The zero-order valence-electron chi connectivity index (χ0n) is 15.0. The van der Waals surface area contributed by atoms with Crippen LogP contribution in [0.5, 0.6) is 5.75 Å². The number of hydrogen-bond acceptors (Lipinski definition) is 3. The Balaban J connectivity index is 1.61. The maximum atomic E-state index is 12.5. The minimum atomic E-state index is -0.297. The van der Waals surface area contributed by atoms with Gasteiger partial charge in [0.15, 0.2) is 6.61 Å². The molecule has 0 heterocycles. The molecular formula is C21H24N2O3. The van der Waals surface area contributed by atoms with E-state index in [1.807, 2.05) is 31.2 Å². The average molecular weight is 352 g/mol. The van der Waals surface area contributed by atoms with Gasteiger partial charge in [-0.1, -0.05) is 43.2 Å². The molecule has 136 valence electrons. The SMILES string of the molecule is Cc1ccccc1OCC(=O)Nc1ccccc1C(=O)NC1CCCC1. The monoisotopic (exact) mass is 352 g/mol. The lowest BCUT2D eigenvalue weighted by Gasteiger charge is -2.15. The van der Waals surface area contributed by atoms with E-state index in [1.54, 1.807) is 24.3 Å². The van der Waals surface area contributed by atoms with Crippen LogP contribution in [0.4, 0.5) is 5.69 Å². The molecule has 2 amide bonds. The summed E-state index contributed by atoms with van der Waals surface area (Å²) in [7, 11) is 0. The molecule has 3 rings (SSSR count). The average Bonchev–Trinajstić information content (AvgIpc) is 3.14. The van der Waals surface area contributed by atoms with Crippen LogP contribution in [0.1, 0.15) is 41.6 Å². The summed E-state index contributed by atoms with van der Waals surface area (Å²) >= 11 is 0. The Kier molecular flexibility index (Phi) is 5.89. The number of carbonyl (C=O) groups excluding carboxylic acids is 2. The van der Waals surface area contributed by atoms with Crippen LogP contribution < -0.4 is 15.4 Å². The summed E-state index contributed by atoms with van der Waals surface area (Å²) < 4.78 is 5.57. The fraction of sp³-hybridized carbons (Fsp3) is 0.333. The highest BCUT2D eigenvalue weighted by atomic mass is 16.5. The molecule has 0 aliphatic heterocycles. The van der Waals surface area contributed by atoms with Crippen molar-refractivity contribution < 1.29 is 14.3 Å². The van der Waals surface area contributed by atoms with E-state index < -0.39 is 0 Å². The van der Waals surface area contributed by atoms with Crippen LogP contribution in [0.25, 0.3) is 0 Å². The Morgan fingerprint density at radius 3 is 2.50 bits per heavy atom. The molecule has 5 heteroatoms. The van der Waals surface area contributed by atoms with Crippen molar-refractivity contribution in [2.45, 2.75) is 38.6 Å². The van der Waals surface area contributed by atoms with E-state index in [-0.39, 0.29) is 24.5 Å². The van der Waals surface area contributed by atoms with Gasteiger partial charge in [0, 0.05) is 6.04 Å². The van der Waals surface area contributed by atoms with Gasteiger partial charge in [0.05, 0.1) is 11.3 Å². The molecule has 0 spiro atoms. The van der Waals surface area contributed by atoms with Crippen LogP contribution in [0.2, 0.25) is 0 Å². The van der Waals surface area contributed by atoms with E-state index in [0.29, 0.717) is 17.0 Å². The number of para-hydroxylation sites is 2. The van der Waals surface area contributed by atoms with Gasteiger partial charge in [-0.05, 0) is 43.5 Å². The third kappa shape index (κ3) is 4.63. The van der Waals surface area contributed by atoms with Gasteiger partial charge in [-0.2, -0.15) is 0 Å². The van der Waals surface area contributed by atoms with Crippen LogP contribution >= 0.6 is 0 Å². The molecule has 0 unspecified atom stereocenters. The van der Waals surface area contributed by atoms with Crippen molar-refractivity contribution in [2.24, 2.45) is 0 Å². The molecule has 1 aliphatic carbocycles. The Morgan fingerprint density at radius 1 is 1.04 bits per heavy atom. The van der Waals surface area contributed by atoms with Gasteiger partial charge in [-0.15, -0.1) is 0 Å². The quantitative estimate of drug-likeness (QED) is 0.833. The molecule has 0 saturated heterocycles. The molecule has 0 aromatic heterocycles. The minimum Gasteiger partial charge on any atom is -0.483 e. The van der Waals surface area contributed by atoms with Gasteiger partial charge in [0.25, 0.3) is 11.8 Å². The molecule has 1 saturated carbocycles. The Morgan fingerprint density at radius 2 is 1.73 bits per heavy atom. The van der Waals surface area contributed by atoms with Gasteiger partial charge >= 0.3 is 0 Å². The van der Waals surface area contributed by atoms with E-state index in [1.165, 1.54) is 0 Å². The second-order valence-electron chi connectivity index (χ2n) is 6.60. The van der Waals surface area contributed by atoms with E-state index >= 15 is 0 Å². The number of rotatable bonds is 6. The lowest BCUT2D eigenvalue weighted by atomic mass is 10.1. The van der Waals surface area contributed by atoms with Crippen molar-refractivity contribution >= 4 is 17.5 Å². The number of anilines is 1. The number of hydrogen-bond donors (Lipinski definition) is 2. The summed E-state index contributed by atoms with van der Waals surface area (Å²) in [6.45, 7) is 1.82. The molecule has 0 radical (unpaired) electrons. The van der Waals surface area contributed by atoms with Crippen molar-refractivity contribution in [1.29, 1.82) is 0 Å². The summed E-state index contributed by atoms with van der Waals surface area (Å²) in [6.07, 6.45) is 4.34. The lowest BCUT2D eigenvalue weighted by molar-refractivity contribution is -0.118. The zero-order valence-corrected chi connectivity index (χ0v) is 15.0. The summed E-state index contributed by atoms with van der Waals surface area (Å²) in [5.41, 5.74) is 1.95. The fourth-order valence-corrected chi connectivity index (χ4v) is 3.17.